The molecule has 0 rings (SSSR count). The Labute approximate surface area is 332 Å². The highest BCUT2D eigenvalue weighted by molar-refractivity contribution is 7.46. The molecule has 0 aromatic rings. The first-order valence-corrected chi connectivity index (χ1v) is 24.2. The van der Waals surface area contributed by atoms with Crippen molar-refractivity contribution in [3.63, 3.8) is 0 Å². The lowest BCUT2D eigenvalue weighted by Gasteiger charge is -2.18. The standard InChI is InChI=1S/C45H85O8P/c1-3-5-7-9-11-13-15-17-19-20-21-22-23-24-26-28-30-32-34-36-38-40-45(47)53-43(42-52-54(48,49)50)41-51-44(46)39-37-35-33-31-29-27-25-18-16-14-12-10-8-6-4-2/h17-19,25,43H,3-16,20-24,26-42H2,1-2H3,(H2,48,49,50)/b19-17+,25-18+/t43-/m1/s1. The van der Waals surface area contributed by atoms with Crippen LogP contribution in [-0.4, -0.2) is 41.0 Å². The van der Waals surface area contributed by atoms with Gasteiger partial charge in [-0.15, -0.1) is 0 Å². The number of phosphoric ester groups is 1. The second-order valence-corrected chi connectivity index (χ2v) is 16.6. The van der Waals surface area contributed by atoms with Crippen LogP contribution in [0.1, 0.15) is 232 Å². The zero-order valence-electron chi connectivity index (χ0n) is 35.1. The molecule has 0 amide bonds. The molecule has 0 aliphatic heterocycles. The van der Waals surface area contributed by atoms with Crippen LogP contribution in [-0.2, 0) is 28.2 Å². The predicted octanol–water partition coefficient (Wildman–Crippen LogP) is 14.0. The van der Waals surface area contributed by atoms with Crippen LogP contribution in [0.5, 0.6) is 0 Å². The highest BCUT2D eigenvalue weighted by atomic mass is 31.2. The van der Waals surface area contributed by atoms with E-state index in [2.05, 4.69) is 42.7 Å². The van der Waals surface area contributed by atoms with Crippen LogP contribution >= 0.6 is 7.82 Å². The predicted molar refractivity (Wildman–Crippen MR) is 225 cm³/mol. The highest BCUT2D eigenvalue weighted by Gasteiger charge is 2.22. The van der Waals surface area contributed by atoms with Crippen LogP contribution in [0.15, 0.2) is 24.3 Å². The minimum absolute atomic E-state index is 0.212. The first-order chi connectivity index (χ1) is 26.3. The molecule has 54 heavy (non-hydrogen) atoms. The Morgan fingerprint density at radius 3 is 1.13 bits per heavy atom. The summed E-state index contributed by atoms with van der Waals surface area (Å²) in [6, 6.07) is 0. The van der Waals surface area contributed by atoms with E-state index in [9.17, 15) is 14.2 Å². The molecule has 0 unspecified atom stereocenters. The Bertz CT molecular complexity index is 931. The smallest absolute Gasteiger partial charge is 0.462 e. The molecule has 0 saturated heterocycles. The molecule has 2 N–H and O–H groups in total. The van der Waals surface area contributed by atoms with Gasteiger partial charge in [0.1, 0.15) is 6.61 Å². The van der Waals surface area contributed by atoms with Crippen molar-refractivity contribution >= 4 is 19.8 Å². The van der Waals surface area contributed by atoms with Gasteiger partial charge in [0.15, 0.2) is 6.10 Å². The van der Waals surface area contributed by atoms with Crippen molar-refractivity contribution < 1.29 is 37.9 Å². The molecule has 0 fully saturated rings. The Kier molecular flexibility index (Phi) is 40.1. The summed E-state index contributed by atoms with van der Waals surface area (Å²) in [6.07, 6.45) is 47.6. The largest absolute Gasteiger partial charge is 0.469 e. The summed E-state index contributed by atoms with van der Waals surface area (Å²) >= 11 is 0. The molecule has 0 bridgehead atoms. The van der Waals surface area contributed by atoms with E-state index >= 15 is 0 Å². The molecule has 8 nitrogen and oxygen atoms in total. The minimum atomic E-state index is -4.75. The van der Waals surface area contributed by atoms with Crippen molar-refractivity contribution in [3.8, 4) is 0 Å². The number of carbonyl (C=O) groups excluding carboxylic acids is 2. The molecule has 9 heteroatoms. The molecule has 0 aliphatic rings. The highest BCUT2D eigenvalue weighted by Crippen LogP contribution is 2.36. The maximum atomic E-state index is 12.4. The molecular formula is C45H85O8P. The van der Waals surface area contributed by atoms with Crippen molar-refractivity contribution in [2.75, 3.05) is 13.2 Å². The van der Waals surface area contributed by atoms with Crippen molar-refractivity contribution in [1.29, 1.82) is 0 Å². The number of allylic oxidation sites excluding steroid dienone is 4. The van der Waals surface area contributed by atoms with Gasteiger partial charge in [0.2, 0.25) is 0 Å². The van der Waals surface area contributed by atoms with Gasteiger partial charge in [-0.2, -0.15) is 0 Å². The van der Waals surface area contributed by atoms with Gasteiger partial charge in [0.05, 0.1) is 6.61 Å². The molecule has 0 saturated carbocycles. The molecule has 0 spiro atoms. The lowest BCUT2D eigenvalue weighted by atomic mass is 10.0. The van der Waals surface area contributed by atoms with Gasteiger partial charge in [-0.25, -0.2) is 4.57 Å². The summed E-state index contributed by atoms with van der Waals surface area (Å²) in [5.41, 5.74) is 0. The zero-order valence-corrected chi connectivity index (χ0v) is 36.0. The second-order valence-electron chi connectivity index (χ2n) is 15.4. The number of unbranched alkanes of at least 4 members (excludes halogenated alkanes) is 28. The average Bonchev–Trinajstić information content (AvgIpc) is 3.14. The van der Waals surface area contributed by atoms with Crippen LogP contribution in [0.2, 0.25) is 0 Å². The monoisotopic (exact) mass is 785 g/mol. The van der Waals surface area contributed by atoms with Crippen molar-refractivity contribution in [3.05, 3.63) is 24.3 Å². The lowest BCUT2D eigenvalue weighted by Crippen LogP contribution is -2.29. The van der Waals surface area contributed by atoms with Gasteiger partial charge < -0.3 is 19.3 Å². The number of hydrogen-bond donors (Lipinski definition) is 2. The average molecular weight is 785 g/mol. The normalized spacial score (nSPS) is 12.6. The topological polar surface area (TPSA) is 119 Å². The molecule has 0 heterocycles. The number of phosphoric acid groups is 1. The second kappa shape index (κ2) is 41.2. The molecule has 0 radical (unpaired) electrons. The van der Waals surface area contributed by atoms with E-state index in [-0.39, 0.29) is 19.4 Å². The first kappa shape index (κ1) is 52.5. The molecule has 0 aliphatic carbocycles. The number of hydrogen-bond acceptors (Lipinski definition) is 6. The van der Waals surface area contributed by atoms with Crippen molar-refractivity contribution in [1.82, 2.24) is 0 Å². The fourth-order valence-corrected chi connectivity index (χ4v) is 6.90. The van der Waals surface area contributed by atoms with Gasteiger partial charge in [-0.05, 0) is 64.2 Å². The fraction of sp³-hybridized carbons (Fsp3) is 0.867. The number of carbonyl (C=O) groups is 2. The van der Waals surface area contributed by atoms with E-state index in [1.807, 2.05) is 0 Å². The van der Waals surface area contributed by atoms with Gasteiger partial charge in [0, 0.05) is 12.8 Å². The lowest BCUT2D eigenvalue weighted by molar-refractivity contribution is -0.161. The maximum Gasteiger partial charge on any atom is 0.469 e. The van der Waals surface area contributed by atoms with E-state index in [1.54, 1.807) is 0 Å². The van der Waals surface area contributed by atoms with E-state index in [0.717, 1.165) is 51.4 Å². The first-order valence-electron chi connectivity index (χ1n) is 22.6. The van der Waals surface area contributed by atoms with E-state index < -0.39 is 32.5 Å². The molecule has 318 valence electrons. The minimum Gasteiger partial charge on any atom is -0.462 e. The molecule has 0 aromatic heterocycles. The van der Waals surface area contributed by atoms with E-state index in [1.165, 1.54) is 141 Å². The van der Waals surface area contributed by atoms with Crippen LogP contribution in [0.25, 0.3) is 0 Å². The summed E-state index contributed by atoms with van der Waals surface area (Å²) in [6.45, 7) is 3.69. The molecule has 1 atom stereocenters. The molecular weight excluding hydrogens is 699 g/mol. The maximum absolute atomic E-state index is 12.4. The summed E-state index contributed by atoms with van der Waals surface area (Å²) < 4.78 is 26.4. The van der Waals surface area contributed by atoms with Gasteiger partial charge in [-0.1, -0.05) is 179 Å². The Morgan fingerprint density at radius 2 is 0.778 bits per heavy atom. The van der Waals surface area contributed by atoms with Gasteiger partial charge in [0.25, 0.3) is 0 Å². The zero-order chi connectivity index (χ0) is 39.6. The summed E-state index contributed by atoms with van der Waals surface area (Å²) in [7, 11) is -4.75. The quantitative estimate of drug-likeness (QED) is 0.0272. The van der Waals surface area contributed by atoms with Crippen molar-refractivity contribution in [2.45, 2.75) is 238 Å². The number of esters is 2. The molecule has 0 aromatic carbocycles. The van der Waals surface area contributed by atoms with Gasteiger partial charge in [-0.3, -0.25) is 14.1 Å². The third-order valence-electron chi connectivity index (χ3n) is 9.94. The van der Waals surface area contributed by atoms with Crippen molar-refractivity contribution in [2.24, 2.45) is 0 Å². The van der Waals surface area contributed by atoms with E-state index in [0.29, 0.717) is 12.8 Å². The van der Waals surface area contributed by atoms with Crippen LogP contribution in [0.3, 0.4) is 0 Å². The Hall–Kier alpha value is -1.47. The SMILES string of the molecule is CCCCCCCC/C=C/CCCCCCCCCCCCCC(=O)O[C@H](COC(=O)CCCCCCC/C=C/CCCCCCCC)COP(=O)(O)O. The Balaban J connectivity index is 3.85. The van der Waals surface area contributed by atoms with Crippen LogP contribution < -0.4 is 0 Å². The summed E-state index contributed by atoms with van der Waals surface area (Å²) in [5.74, 6) is -0.887. The fourth-order valence-electron chi connectivity index (χ4n) is 6.54. The summed E-state index contributed by atoms with van der Waals surface area (Å²) in [5, 5.41) is 0. The number of rotatable bonds is 42. The summed E-state index contributed by atoms with van der Waals surface area (Å²) in [4.78, 5) is 42.9. The van der Waals surface area contributed by atoms with Crippen LogP contribution in [0, 0.1) is 0 Å². The van der Waals surface area contributed by atoms with Crippen LogP contribution in [0.4, 0.5) is 0 Å². The van der Waals surface area contributed by atoms with Gasteiger partial charge >= 0.3 is 19.8 Å². The third-order valence-corrected chi connectivity index (χ3v) is 10.4. The third kappa shape index (κ3) is 43.3. The van der Waals surface area contributed by atoms with E-state index in [4.69, 9.17) is 19.3 Å². The Morgan fingerprint density at radius 1 is 0.463 bits per heavy atom. The number of ether oxygens (including phenoxy) is 2.